The molecule has 2 bridgehead atoms. The van der Waals surface area contributed by atoms with Gasteiger partial charge in [0, 0.05) is 68.2 Å². The van der Waals surface area contributed by atoms with Crippen LogP contribution in [0.15, 0.2) is 72.9 Å². The van der Waals surface area contributed by atoms with Crippen LogP contribution in [-0.2, 0) is 36.8 Å². The van der Waals surface area contributed by atoms with Gasteiger partial charge in [0.15, 0.2) is 6.10 Å². The number of aliphatic hydroxyl groups is 1. The van der Waals surface area contributed by atoms with Gasteiger partial charge in [-0.2, -0.15) is 40.2 Å². The van der Waals surface area contributed by atoms with Crippen molar-refractivity contribution < 1.29 is 82.4 Å². The van der Waals surface area contributed by atoms with E-state index in [0.717, 1.165) is 71.4 Å². The first-order valence-electron chi connectivity index (χ1n) is 26.7. The van der Waals surface area contributed by atoms with Crippen LogP contribution in [0, 0.1) is 34.3 Å². The molecule has 4 amide bonds. The molecule has 6 atom stereocenters. The van der Waals surface area contributed by atoms with Crippen LogP contribution < -0.4 is 26.3 Å². The molecule has 6 heterocycles. The summed E-state index contributed by atoms with van der Waals surface area (Å²) < 4.78 is 161. The van der Waals surface area contributed by atoms with Crippen molar-refractivity contribution in [3.05, 3.63) is 107 Å². The van der Waals surface area contributed by atoms with Gasteiger partial charge in [-0.3, -0.25) is 19.9 Å². The van der Waals surface area contributed by atoms with E-state index in [4.69, 9.17) is 14.5 Å². The number of hydrogen-bond acceptors (Lipinski definition) is 14. The summed E-state index contributed by atoms with van der Waals surface area (Å²) in [6.07, 6.45) is -15.8. The van der Waals surface area contributed by atoms with Crippen LogP contribution >= 0.6 is 0 Å². The second kappa shape index (κ2) is 25.4. The number of anilines is 1. The molecular weight excluding hydrogens is 1140 g/mol. The first kappa shape index (κ1) is 63.2. The number of alkyl carbamates (subject to hydrolysis) is 2. The van der Waals surface area contributed by atoms with E-state index in [1.54, 1.807) is 6.07 Å². The monoisotopic (exact) mass is 1210 g/mol. The zero-order chi connectivity index (χ0) is 61.9. The van der Waals surface area contributed by atoms with Gasteiger partial charge in [-0.1, -0.05) is 18.1 Å². The fourth-order valence-corrected chi connectivity index (χ4v) is 10.2. The number of carbonyl (C=O) groups is 4. The Balaban J connectivity index is 1.08. The van der Waals surface area contributed by atoms with E-state index < -0.39 is 115 Å². The molecule has 85 heavy (non-hydrogen) atoms. The average Bonchev–Trinajstić information content (AvgIpc) is 1.95. The number of nitrogens with one attached hydrogen (secondary N) is 4. The highest BCUT2D eigenvalue weighted by atomic mass is 19.4. The van der Waals surface area contributed by atoms with Crippen molar-refractivity contribution in [2.75, 3.05) is 51.9 Å². The molecule has 0 aliphatic carbocycles. The van der Waals surface area contributed by atoms with Gasteiger partial charge < -0.3 is 40.2 Å². The fraction of sp³-hybridized carbons (Fsp3) is 0.482. The predicted molar refractivity (Wildman–Crippen MR) is 285 cm³/mol. The number of aliphatic hydroxyl groups excluding tert-OH is 1. The zero-order valence-electron chi connectivity index (χ0n) is 46.6. The number of benzene rings is 2. The molecule has 3 fully saturated rings. The maximum Gasteiger partial charge on any atom is 0.407 e. The van der Waals surface area contributed by atoms with Gasteiger partial charge in [-0.05, 0) is 113 Å². The predicted octanol–water partition coefficient (Wildman–Crippen LogP) is 7.17. The zero-order valence-corrected chi connectivity index (χ0v) is 46.6. The Morgan fingerprint density at radius 1 is 0.800 bits per heavy atom. The molecule has 0 radical (unpaired) electrons. The molecule has 8 rings (SSSR count). The van der Waals surface area contributed by atoms with Crippen molar-refractivity contribution in [3.63, 3.8) is 0 Å². The van der Waals surface area contributed by atoms with Crippen LogP contribution in [0.25, 0.3) is 22.3 Å². The van der Waals surface area contributed by atoms with E-state index in [1.165, 1.54) is 24.3 Å². The lowest BCUT2D eigenvalue weighted by atomic mass is 9.82. The molecule has 19 nitrogen and oxygen atoms in total. The first-order chi connectivity index (χ1) is 40.0. The summed E-state index contributed by atoms with van der Waals surface area (Å²) in [6, 6.07) is 12.7. The molecule has 5 aromatic rings. The van der Waals surface area contributed by atoms with E-state index >= 15 is 8.78 Å². The highest BCUT2D eigenvalue weighted by Crippen LogP contribution is 2.43. The van der Waals surface area contributed by atoms with Crippen LogP contribution in [0.3, 0.4) is 0 Å². The number of hydrogen-bond donors (Lipinski definition) is 5. The average molecular weight is 1210 g/mol. The first-order valence-corrected chi connectivity index (χ1v) is 26.7. The summed E-state index contributed by atoms with van der Waals surface area (Å²) in [5.74, 6) is 0.644. The molecule has 458 valence electrons. The minimum Gasteiger partial charge on any atom is -0.453 e. The number of rotatable bonds is 19. The number of halogens is 10. The third-order valence-corrected chi connectivity index (χ3v) is 15.5. The summed E-state index contributed by atoms with van der Waals surface area (Å²) in [5, 5.41) is 22.2. The van der Waals surface area contributed by atoms with Crippen LogP contribution in [0.4, 0.5) is 59.3 Å². The Morgan fingerprint density at radius 2 is 1.42 bits per heavy atom. The second-order valence-corrected chi connectivity index (χ2v) is 21.9. The summed E-state index contributed by atoms with van der Waals surface area (Å²) in [5.41, 5.74) is -3.55. The minimum absolute atomic E-state index is 0.196. The lowest BCUT2D eigenvalue weighted by Gasteiger charge is -2.48. The van der Waals surface area contributed by atoms with Crippen molar-refractivity contribution in [1.29, 1.82) is 0 Å². The molecule has 3 aromatic heterocycles. The van der Waals surface area contributed by atoms with Gasteiger partial charge in [0.2, 0.25) is 5.91 Å². The number of hydrazine groups is 1. The number of nitrogens with zero attached hydrogens (tertiary/aromatic N) is 7. The van der Waals surface area contributed by atoms with E-state index in [-0.39, 0.29) is 21.5 Å². The van der Waals surface area contributed by atoms with Gasteiger partial charge >= 0.3 is 31.1 Å². The molecule has 3 aliphatic rings. The molecule has 3 saturated heterocycles. The highest BCUT2D eigenvalue weighted by Gasteiger charge is 2.58. The molecule has 5 N–H and O–H groups in total. The summed E-state index contributed by atoms with van der Waals surface area (Å²) in [4.78, 5) is 67.5. The van der Waals surface area contributed by atoms with Gasteiger partial charge in [0.05, 0.1) is 60.7 Å². The van der Waals surface area contributed by atoms with Crippen molar-refractivity contribution in [2.24, 2.45) is 10.8 Å². The summed E-state index contributed by atoms with van der Waals surface area (Å²) in [7, 11) is 1.79. The number of pyridine rings is 2. The number of ether oxygens (including phenoxy) is 3. The summed E-state index contributed by atoms with van der Waals surface area (Å²) in [6.45, 7) is -0.0292. The molecule has 2 aromatic carbocycles. The van der Waals surface area contributed by atoms with Crippen molar-refractivity contribution in [3.8, 4) is 23.1 Å². The normalized spacial score (nSPS) is 18.2. The van der Waals surface area contributed by atoms with Gasteiger partial charge in [-0.25, -0.2) is 38.0 Å². The SMILES string of the molecule is CNC(=O)O[C@H](C(=O)NN(Cc1c(F)cc(-c2ccn(C(F)F)n2)cc1F)C[C@H](O)[C@H](Cc1ccc(C#Cc2ccc3nc(N4C[C@@H]5CC[C@@H](C4)N5C4COC4)ccc3n2)cc1)NC(=O)[C@@H](NC(=O)OC)C(C)(C)C(F)(F)F)C(C)(C)C(F)(F)F. The lowest BCUT2D eigenvalue weighted by molar-refractivity contribution is -0.239. The van der Waals surface area contributed by atoms with Crippen LogP contribution in [0.5, 0.6) is 0 Å². The third-order valence-electron chi connectivity index (χ3n) is 15.5. The maximum absolute atomic E-state index is 16.1. The number of methoxy groups -OCH3 is 1. The Labute approximate surface area is 480 Å². The number of aromatic nitrogens is 4. The van der Waals surface area contributed by atoms with E-state index in [1.807, 2.05) is 34.3 Å². The highest BCUT2D eigenvalue weighted by molar-refractivity contribution is 5.87. The van der Waals surface area contributed by atoms with Gasteiger partial charge in [-0.15, -0.1) is 0 Å². The Morgan fingerprint density at radius 3 is 1.99 bits per heavy atom. The maximum atomic E-state index is 16.1. The fourth-order valence-electron chi connectivity index (χ4n) is 10.2. The summed E-state index contributed by atoms with van der Waals surface area (Å²) >= 11 is 0. The number of piperazine rings is 1. The van der Waals surface area contributed by atoms with Gasteiger partial charge in [0.1, 0.15) is 34.6 Å². The van der Waals surface area contributed by atoms with Crippen molar-refractivity contribution in [1.82, 2.24) is 51.0 Å². The quantitative estimate of drug-likeness (QED) is 0.0315. The number of amides is 4. The molecule has 0 spiro atoms. The number of alkyl halides is 8. The molecular formula is C56H61F10N11O8. The standard InChI is InChI=1S/C56H61F10N11O8/c1-53(2,55(61,62)63)46(71-52(82)83-6)48(79)70-43(21-31-9-7-30(8-10-31)11-12-33-13-16-42-41(68-33)17-18-45(69-42)74-24-34-14-15-35(25-74)77(34)36-28-84-29-36)44(78)27-75(73-49(80)47(85-51(81)67-5)54(3,4)56(64,65)66)26-37-38(57)22-32(23-39(37)58)40-19-20-76(72-40)50(59)60/h7-10,13,16-20,22-23,34-36,43-44,46-47,50,78H,14-15,21,24-29H2,1-6H3,(H,67,81)(H,70,79)(H,71,82)(H,73,80)/t34-,35-,43-,44-,46+,47+/m0/s1. The third kappa shape index (κ3) is 14.3. The van der Waals surface area contributed by atoms with E-state index in [9.17, 15) is 59.4 Å². The van der Waals surface area contributed by atoms with Crippen LogP contribution in [0.2, 0.25) is 0 Å². The molecule has 0 saturated carbocycles. The molecule has 0 unspecified atom stereocenters. The molecule has 29 heteroatoms. The Kier molecular flexibility index (Phi) is 18.9. The van der Waals surface area contributed by atoms with Crippen molar-refractivity contribution in [2.45, 2.75) is 115 Å². The minimum atomic E-state index is -5.27. The van der Waals surface area contributed by atoms with E-state index in [2.05, 4.69) is 41.8 Å². The smallest absolute Gasteiger partial charge is 0.407 e. The number of carbonyl (C=O) groups excluding carboxylic acids is 4. The Bertz CT molecular complexity index is 3280. The molecule has 3 aliphatic heterocycles. The number of fused-ring (bicyclic) bond motifs is 3. The lowest BCUT2D eigenvalue weighted by Crippen LogP contribution is -2.62. The Hall–Kier alpha value is -7.81. The largest absolute Gasteiger partial charge is 0.453 e. The van der Waals surface area contributed by atoms with Gasteiger partial charge in [0.25, 0.3) is 5.91 Å². The van der Waals surface area contributed by atoms with Crippen molar-refractivity contribution >= 4 is 40.9 Å². The second-order valence-electron chi connectivity index (χ2n) is 21.9. The topological polar surface area (TPSA) is 218 Å². The van der Waals surface area contributed by atoms with E-state index in [0.29, 0.717) is 85.3 Å². The van der Waals surface area contributed by atoms with Crippen LogP contribution in [0.1, 0.15) is 69.5 Å². The van der Waals surface area contributed by atoms with Crippen LogP contribution in [-0.4, -0.2) is 161 Å².